The Morgan fingerprint density at radius 3 is 2.21 bits per heavy atom. The van der Waals surface area contributed by atoms with Crippen LogP contribution in [0.25, 0.3) is 6.08 Å². The van der Waals surface area contributed by atoms with E-state index in [0.29, 0.717) is 6.61 Å². The molecular weight excluding hydrogens is 304 g/mol. The van der Waals surface area contributed by atoms with E-state index in [1.807, 2.05) is 30.3 Å². The maximum Gasteiger partial charge on any atom is 0.373 e. The van der Waals surface area contributed by atoms with Crippen LogP contribution in [0.1, 0.15) is 57.9 Å². The van der Waals surface area contributed by atoms with E-state index in [1.165, 1.54) is 32.8 Å². The number of aliphatic hydroxyl groups is 1. The smallest absolute Gasteiger partial charge is 0.373 e. The van der Waals surface area contributed by atoms with Crippen molar-refractivity contribution in [2.75, 3.05) is 20.3 Å². The molecule has 0 heterocycles. The van der Waals surface area contributed by atoms with Gasteiger partial charge in [0.05, 0.1) is 13.7 Å². The first-order chi connectivity index (χ1) is 11.7. The lowest BCUT2D eigenvalue weighted by Crippen LogP contribution is -2.10. The summed E-state index contributed by atoms with van der Waals surface area (Å²) in [4.78, 5) is 11.9. The van der Waals surface area contributed by atoms with E-state index in [9.17, 15) is 4.79 Å². The molecule has 4 heteroatoms. The Labute approximate surface area is 146 Å². The predicted octanol–water partition coefficient (Wildman–Crippen LogP) is 4.58. The number of ether oxygens (including phenoxy) is 2. The molecule has 0 saturated heterocycles. The maximum absolute atomic E-state index is 11.9. The fourth-order valence-corrected chi connectivity index (χ4v) is 2.02. The molecule has 1 aromatic carbocycles. The van der Waals surface area contributed by atoms with Crippen molar-refractivity contribution in [2.24, 2.45) is 0 Å². The quantitative estimate of drug-likeness (QED) is 0.294. The molecule has 4 nitrogen and oxygen atoms in total. The van der Waals surface area contributed by atoms with Gasteiger partial charge in [-0.15, -0.1) is 0 Å². The van der Waals surface area contributed by atoms with Crippen LogP contribution in [0.15, 0.2) is 36.1 Å². The summed E-state index contributed by atoms with van der Waals surface area (Å²) in [5.74, 6) is -0.151. The molecule has 0 aromatic heterocycles. The van der Waals surface area contributed by atoms with Crippen LogP contribution < -0.4 is 0 Å². The van der Waals surface area contributed by atoms with Crippen LogP contribution in [-0.2, 0) is 14.3 Å². The lowest BCUT2D eigenvalue weighted by Gasteiger charge is -2.07. The second-order valence-electron chi connectivity index (χ2n) is 5.34. The van der Waals surface area contributed by atoms with E-state index in [2.05, 4.69) is 6.92 Å². The van der Waals surface area contributed by atoms with E-state index >= 15 is 0 Å². The van der Waals surface area contributed by atoms with Crippen molar-refractivity contribution in [1.82, 2.24) is 0 Å². The number of carbonyl (C=O) groups excluding carboxylic acids is 1. The molecule has 0 amide bonds. The molecule has 0 aliphatic rings. The van der Waals surface area contributed by atoms with Crippen LogP contribution in [-0.4, -0.2) is 31.4 Å². The molecule has 0 saturated carbocycles. The van der Waals surface area contributed by atoms with Crippen molar-refractivity contribution in [2.45, 2.75) is 52.4 Å². The van der Waals surface area contributed by atoms with E-state index in [0.717, 1.165) is 18.4 Å². The number of methoxy groups -OCH3 is 1. The summed E-state index contributed by atoms with van der Waals surface area (Å²) >= 11 is 0. The topological polar surface area (TPSA) is 55.8 Å². The van der Waals surface area contributed by atoms with Crippen LogP contribution in [0.4, 0.5) is 0 Å². The summed E-state index contributed by atoms with van der Waals surface area (Å²) in [6.45, 7) is 4.59. The molecule has 0 aliphatic heterocycles. The Balaban J connectivity index is 0.00000163. The zero-order valence-corrected chi connectivity index (χ0v) is 15.3. The third-order valence-corrected chi connectivity index (χ3v) is 3.25. The number of hydrogen-bond acceptors (Lipinski definition) is 4. The van der Waals surface area contributed by atoms with Gasteiger partial charge >= 0.3 is 5.97 Å². The number of carbonyl (C=O) groups is 1. The number of rotatable bonds is 10. The van der Waals surface area contributed by atoms with Gasteiger partial charge in [0, 0.05) is 6.61 Å². The number of esters is 1. The van der Waals surface area contributed by atoms with Crippen LogP contribution in [0.3, 0.4) is 0 Å². The van der Waals surface area contributed by atoms with E-state index in [-0.39, 0.29) is 12.4 Å². The normalized spacial score (nSPS) is 10.6. The minimum Gasteiger partial charge on any atom is -0.490 e. The van der Waals surface area contributed by atoms with Gasteiger partial charge in [-0.2, -0.15) is 0 Å². The molecule has 0 fully saturated rings. The third-order valence-electron chi connectivity index (χ3n) is 3.25. The van der Waals surface area contributed by atoms with Crippen molar-refractivity contribution in [3.63, 3.8) is 0 Å². The van der Waals surface area contributed by atoms with E-state index < -0.39 is 5.97 Å². The minimum absolute atomic E-state index is 0.243. The van der Waals surface area contributed by atoms with Crippen LogP contribution >= 0.6 is 0 Å². The van der Waals surface area contributed by atoms with Crippen molar-refractivity contribution < 1.29 is 19.4 Å². The second-order valence-corrected chi connectivity index (χ2v) is 5.34. The van der Waals surface area contributed by atoms with Crippen molar-refractivity contribution in [3.05, 3.63) is 41.7 Å². The number of benzene rings is 1. The monoisotopic (exact) mass is 336 g/mol. The molecule has 0 bridgehead atoms. The van der Waals surface area contributed by atoms with Gasteiger partial charge in [0.2, 0.25) is 5.76 Å². The highest BCUT2D eigenvalue weighted by molar-refractivity contribution is 5.91. The SMILES string of the molecule is CCCCCCCCOC(=O)C(=Cc1ccccc1)OC.CCO. The average Bonchev–Trinajstić information content (AvgIpc) is 2.60. The molecule has 0 aliphatic carbocycles. The number of unbranched alkanes of at least 4 members (excludes halogenated alkanes) is 5. The van der Waals surface area contributed by atoms with Gasteiger partial charge in [-0.1, -0.05) is 69.4 Å². The van der Waals surface area contributed by atoms with Crippen molar-refractivity contribution >= 4 is 12.0 Å². The van der Waals surface area contributed by atoms with E-state index in [1.54, 1.807) is 13.0 Å². The largest absolute Gasteiger partial charge is 0.490 e. The van der Waals surface area contributed by atoms with Gasteiger partial charge in [-0.3, -0.25) is 0 Å². The molecule has 0 spiro atoms. The van der Waals surface area contributed by atoms with Gasteiger partial charge in [0.25, 0.3) is 0 Å². The molecule has 1 aromatic rings. The first-order valence-corrected chi connectivity index (χ1v) is 8.78. The number of hydrogen-bond donors (Lipinski definition) is 1. The predicted molar refractivity (Wildman–Crippen MR) is 98.5 cm³/mol. The first-order valence-electron chi connectivity index (χ1n) is 8.78. The van der Waals surface area contributed by atoms with Gasteiger partial charge in [-0.05, 0) is 25.0 Å². The molecule has 0 unspecified atom stereocenters. The summed E-state index contributed by atoms with van der Waals surface area (Å²) in [5.41, 5.74) is 0.922. The summed E-state index contributed by atoms with van der Waals surface area (Å²) in [6.07, 6.45) is 8.73. The zero-order chi connectivity index (χ0) is 18.0. The van der Waals surface area contributed by atoms with E-state index in [4.69, 9.17) is 14.6 Å². The third kappa shape index (κ3) is 11.7. The van der Waals surface area contributed by atoms with Gasteiger partial charge in [-0.25, -0.2) is 4.79 Å². The van der Waals surface area contributed by atoms with Crippen LogP contribution in [0.5, 0.6) is 0 Å². The fourth-order valence-electron chi connectivity index (χ4n) is 2.02. The highest BCUT2D eigenvalue weighted by Crippen LogP contribution is 2.10. The molecule has 0 atom stereocenters. The Morgan fingerprint density at radius 1 is 1.04 bits per heavy atom. The zero-order valence-electron chi connectivity index (χ0n) is 15.3. The minimum atomic E-state index is -0.394. The Hall–Kier alpha value is -1.81. The van der Waals surface area contributed by atoms with Gasteiger partial charge in [0.1, 0.15) is 0 Å². The highest BCUT2D eigenvalue weighted by atomic mass is 16.6. The lowest BCUT2D eigenvalue weighted by atomic mass is 10.1. The van der Waals surface area contributed by atoms with Crippen LogP contribution in [0.2, 0.25) is 0 Å². The summed E-state index contributed by atoms with van der Waals surface area (Å²) in [5, 5.41) is 7.57. The summed E-state index contributed by atoms with van der Waals surface area (Å²) < 4.78 is 10.4. The summed E-state index contributed by atoms with van der Waals surface area (Å²) in [7, 11) is 1.49. The molecular formula is C20H32O4. The van der Waals surface area contributed by atoms with Crippen molar-refractivity contribution in [3.8, 4) is 0 Å². The Bertz CT molecular complexity index is 440. The van der Waals surface area contributed by atoms with Crippen molar-refractivity contribution in [1.29, 1.82) is 0 Å². The first kappa shape index (κ1) is 22.2. The second kappa shape index (κ2) is 16.1. The number of aliphatic hydroxyl groups excluding tert-OH is 1. The average molecular weight is 336 g/mol. The maximum atomic E-state index is 11.9. The Morgan fingerprint density at radius 2 is 1.62 bits per heavy atom. The molecule has 1 N–H and O–H groups in total. The highest BCUT2D eigenvalue weighted by Gasteiger charge is 2.11. The van der Waals surface area contributed by atoms with Gasteiger partial charge < -0.3 is 14.6 Å². The molecule has 0 radical (unpaired) electrons. The summed E-state index contributed by atoms with van der Waals surface area (Å²) in [6, 6.07) is 9.60. The Kier molecular flexibility index (Phi) is 14.9. The lowest BCUT2D eigenvalue weighted by molar-refractivity contribution is -0.142. The fraction of sp³-hybridized carbons (Fsp3) is 0.550. The molecule has 1 rings (SSSR count). The standard InChI is InChI=1S/C18H26O3.C2H6O/c1-3-4-5-6-7-11-14-21-18(19)17(20-2)15-16-12-9-8-10-13-16;1-2-3/h8-10,12-13,15H,3-7,11,14H2,1-2H3;3H,2H2,1H3. The van der Waals surface area contributed by atoms with Gasteiger partial charge in [0.15, 0.2) is 0 Å². The molecule has 24 heavy (non-hydrogen) atoms. The molecule has 136 valence electrons. The van der Waals surface area contributed by atoms with Crippen LogP contribution in [0, 0.1) is 0 Å².